The van der Waals surface area contributed by atoms with E-state index in [0.717, 1.165) is 38.5 Å². The van der Waals surface area contributed by atoms with E-state index in [1.807, 2.05) is 0 Å². The fourth-order valence-corrected chi connectivity index (χ4v) is 2.33. The number of aliphatic hydroxyl groups is 1. The van der Waals surface area contributed by atoms with Crippen LogP contribution in [-0.2, 0) is 9.59 Å². The van der Waals surface area contributed by atoms with Gasteiger partial charge in [0.05, 0.1) is 0 Å². The van der Waals surface area contributed by atoms with Crippen LogP contribution in [0.4, 0.5) is 0 Å². The number of hydrogen-bond acceptors (Lipinski definition) is 3. The number of carbonyl (C=O) groups excluding carboxylic acids is 2. The Hall–Kier alpha value is -1.10. The Kier molecular flexibility index (Phi) is 3.99. The maximum absolute atomic E-state index is 11.6. The third-order valence-corrected chi connectivity index (χ3v) is 3.58. The maximum atomic E-state index is 11.6. The van der Waals surface area contributed by atoms with Crippen molar-refractivity contribution in [2.24, 2.45) is 5.92 Å². The van der Waals surface area contributed by atoms with Crippen LogP contribution < -0.4 is 10.6 Å². The average molecular weight is 240 g/mol. The lowest BCUT2D eigenvalue weighted by Crippen LogP contribution is -2.49. The van der Waals surface area contributed by atoms with E-state index >= 15 is 0 Å². The summed E-state index contributed by atoms with van der Waals surface area (Å²) in [7, 11) is 0. The van der Waals surface area contributed by atoms with Gasteiger partial charge in [0, 0.05) is 24.6 Å². The third-order valence-electron chi connectivity index (χ3n) is 3.58. The van der Waals surface area contributed by atoms with Gasteiger partial charge in [-0.1, -0.05) is 12.8 Å². The molecule has 0 heterocycles. The Morgan fingerprint density at radius 3 is 2.29 bits per heavy atom. The quantitative estimate of drug-likeness (QED) is 0.604. The van der Waals surface area contributed by atoms with Crippen LogP contribution in [0.5, 0.6) is 0 Å². The Morgan fingerprint density at radius 1 is 1.00 bits per heavy atom. The molecule has 3 N–H and O–H groups in total. The van der Waals surface area contributed by atoms with Crippen LogP contribution >= 0.6 is 0 Å². The molecule has 96 valence electrons. The van der Waals surface area contributed by atoms with Crippen molar-refractivity contribution in [3.05, 3.63) is 0 Å². The zero-order chi connectivity index (χ0) is 12.3. The lowest BCUT2D eigenvalue weighted by Gasteiger charge is -2.30. The molecule has 0 aromatic rings. The van der Waals surface area contributed by atoms with Crippen molar-refractivity contribution < 1.29 is 14.7 Å². The SMILES string of the molecule is O=C(NC1CC1)C(=O)N[C@@H]1CCCC[C@@H]1CO. The average Bonchev–Trinajstić information content (AvgIpc) is 3.13. The van der Waals surface area contributed by atoms with Crippen molar-refractivity contribution in [1.29, 1.82) is 0 Å². The normalized spacial score (nSPS) is 28.5. The minimum atomic E-state index is -0.553. The van der Waals surface area contributed by atoms with E-state index in [9.17, 15) is 14.7 Å². The minimum absolute atomic E-state index is 0.0498. The van der Waals surface area contributed by atoms with Gasteiger partial charge in [-0.2, -0.15) is 0 Å². The van der Waals surface area contributed by atoms with Crippen molar-refractivity contribution in [3.8, 4) is 0 Å². The molecule has 0 spiro atoms. The van der Waals surface area contributed by atoms with Crippen LogP contribution in [-0.4, -0.2) is 35.6 Å². The van der Waals surface area contributed by atoms with Gasteiger partial charge in [0.1, 0.15) is 0 Å². The first-order valence-electron chi connectivity index (χ1n) is 6.43. The van der Waals surface area contributed by atoms with E-state index < -0.39 is 11.8 Å². The molecule has 2 atom stereocenters. The molecule has 0 aromatic carbocycles. The molecular weight excluding hydrogens is 220 g/mol. The summed E-state index contributed by atoms with van der Waals surface area (Å²) in [4.78, 5) is 23.1. The number of hydrogen-bond donors (Lipinski definition) is 3. The van der Waals surface area contributed by atoms with Crippen LogP contribution in [0.3, 0.4) is 0 Å². The summed E-state index contributed by atoms with van der Waals surface area (Å²) in [6, 6.07) is 0.152. The Morgan fingerprint density at radius 2 is 1.65 bits per heavy atom. The molecule has 0 aliphatic heterocycles. The van der Waals surface area contributed by atoms with Gasteiger partial charge in [-0.05, 0) is 25.7 Å². The number of rotatable bonds is 3. The number of amides is 2. The highest BCUT2D eigenvalue weighted by molar-refractivity contribution is 6.35. The van der Waals surface area contributed by atoms with Gasteiger partial charge in [0.2, 0.25) is 0 Å². The molecular formula is C12H20N2O3. The van der Waals surface area contributed by atoms with Crippen LogP contribution in [0.1, 0.15) is 38.5 Å². The first-order valence-corrected chi connectivity index (χ1v) is 6.43. The molecule has 0 unspecified atom stereocenters. The van der Waals surface area contributed by atoms with Crippen molar-refractivity contribution in [2.45, 2.75) is 50.6 Å². The first kappa shape index (κ1) is 12.4. The van der Waals surface area contributed by atoms with E-state index in [1.165, 1.54) is 0 Å². The summed E-state index contributed by atoms with van der Waals surface area (Å²) in [6.07, 6.45) is 5.86. The second-order valence-electron chi connectivity index (χ2n) is 5.05. The Balaban J connectivity index is 1.80. The van der Waals surface area contributed by atoms with Crippen molar-refractivity contribution in [2.75, 3.05) is 6.61 Å². The van der Waals surface area contributed by atoms with Crippen LogP contribution in [0.25, 0.3) is 0 Å². The molecule has 2 rings (SSSR count). The molecule has 0 aromatic heterocycles. The lowest BCUT2D eigenvalue weighted by molar-refractivity contribution is -0.140. The van der Waals surface area contributed by atoms with Crippen LogP contribution in [0.2, 0.25) is 0 Å². The topological polar surface area (TPSA) is 78.4 Å². The predicted octanol–water partition coefficient (Wildman–Crippen LogP) is -0.0677. The van der Waals surface area contributed by atoms with Gasteiger partial charge >= 0.3 is 11.8 Å². The van der Waals surface area contributed by atoms with Crippen LogP contribution in [0, 0.1) is 5.92 Å². The van der Waals surface area contributed by atoms with E-state index in [2.05, 4.69) is 10.6 Å². The van der Waals surface area contributed by atoms with Gasteiger partial charge in [-0.3, -0.25) is 9.59 Å². The highest BCUT2D eigenvalue weighted by Gasteiger charge is 2.30. The smallest absolute Gasteiger partial charge is 0.309 e. The van der Waals surface area contributed by atoms with E-state index in [4.69, 9.17) is 0 Å². The van der Waals surface area contributed by atoms with E-state index in [-0.39, 0.29) is 24.6 Å². The molecule has 5 nitrogen and oxygen atoms in total. The zero-order valence-electron chi connectivity index (χ0n) is 9.95. The second kappa shape index (κ2) is 5.49. The van der Waals surface area contributed by atoms with E-state index in [1.54, 1.807) is 0 Å². The van der Waals surface area contributed by atoms with Crippen LogP contribution in [0.15, 0.2) is 0 Å². The third kappa shape index (κ3) is 3.43. The Bertz CT molecular complexity index is 302. The monoisotopic (exact) mass is 240 g/mol. The second-order valence-corrected chi connectivity index (χ2v) is 5.05. The van der Waals surface area contributed by atoms with Crippen molar-refractivity contribution in [3.63, 3.8) is 0 Å². The molecule has 5 heteroatoms. The van der Waals surface area contributed by atoms with Crippen molar-refractivity contribution >= 4 is 11.8 Å². The number of aliphatic hydroxyl groups excluding tert-OH is 1. The number of carbonyl (C=O) groups is 2. The fourth-order valence-electron chi connectivity index (χ4n) is 2.33. The molecule has 2 saturated carbocycles. The largest absolute Gasteiger partial charge is 0.396 e. The molecule has 2 amide bonds. The summed E-state index contributed by atoms with van der Waals surface area (Å²) in [5, 5.41) is 14.6. The molecule has 17 heavy (non-hydrogen) atoms. The summed E-state index contributed by atoms with van der Waals surface area (Å²) in [6.45, 7) is 0.0786. The highest BCUT2D eigenvalue weighted by atomic mass is 16.3. The van der Waals surface area contributed by atoms with Crippen molar-refractivity contribution in [1.82, 2.24) is 10.6 Å². The molecule has 0 saturated heterocycles. The highest BCUT2D eigenvalue weighted by Crippen LogP contribution is 2.24. The van der Waals surface area contributed by atoms with E-state index in [0.29, 0.717) is 0 Å². The molecule has 0 radical (unpaired) electrons. The summed E-state index contributed by atoms with van der Waals surface area (Å²) < 4.78 is 0. The fraction of sp³-hybridized carbons (Fsp3) is 0.833. The van der Waals surface area contributed by atoms with Gasteiger partial charge in [0.15, 0.2) is 0 Å². The summed E-state index contributed by atoms with van der Waals surface area (Å²) in [5.41, 5.74) is 0. The number of nitrogens with one attached hydrogen (secondary N) is 2. The maximum Gasteiger partial charge on any atom is 0.309 e. The molecule has 2 aliphatic rings. The van der Waals surface area contributed by atoms with Gasteiger partial charge < -0.3 is 15.7 Å². The standard InChI is InChI=1S/C12H20N2O3/c15-7-8-3-1-2-4-10(8)14-12(17)11(16)13-9-5-6-9/h8-10,15H,1-7H2,(H,13,16)(H,14,17)/t8-,10-/m1/s1. The minimum Gasteiger partial charge on any atom is -0.396 e. The lowest BCUT2D eigenvalue weighted by atomic mass is 9.85. The molecule has 2 fully saturated rings. The summed E-state index contributed by atoms with van der Waals surface area (Å²) in [5.74, 6) is -0.988. The molecule has 0 bridgehead atoms. The Labute approximate surface area is 101 Å². The van der Waals surface area contributed by atoms with Gasteiger partial charge in [-0.15, -0.1) is 0 Å². The first-order chi connectivity index (χ1) is 8.20. The zero-order valence-corrected chi connectivity index (χ0v) is 9.95. The van der Waals surface area contributed by atoms with Gasteiger partial charge in [0.25, 0.3) is 0 Å². The van der Waals surface area contributed by atoms with Gasteiger partial charge in [-0.25, -0.2) is 0 Å². The molecule has 2 aliphatic carbocycles. The predicted molar refractivity (Wildman–Crippen MR) is 62.1 cm³/mol. The summed E-state index contributed by atoms with van der Waals surface area (Å²) >= 11 is 0.